The van der Waals surface area contributed by atoms with Gasteiger partial charge in [-0.3, -0.25) is 10.1 Å². The summed E-state index contributed by atoms with van der Waals surface area (Å²) in [7, 11) is -3.92. The molecule has 0 aromatic heterocycles. The fourth-order valence-corrected chi connectivity index (χ4v) is 3.22. The van der Waals surface area contributed by atoms with Gasteiger partial charge in [0.05, 0.1) is 4.90 Å². The quantitative estimate of drug-likeness (QED) is 0.703. The van der Waals surface area contributed by atoms with Gasteiger partial charge in [0.15, 0.2) is 9.84 Å². The van der Waals surface area contributed by atoms with Gasteiger partial charge in [-0.1, -0.05) is 6.07 Å². The second-order valence-corrected chi connectivity index (χ2v) is 6.74. The molecule has 21 heavy (non-hydrogen) atoms. The fraction of sp³-hybridized carbons (Fsp3) is 0.385. The summed E-state index contributed by atoms with van der Waals surface area (Å²) >= 11 is 0. The molecule has 0 aliphatic heterocycles. The first-order valence-corrected chi connectivity index (χ1v) is 7.94. The third-order valence-electron chi connectivity index (χ3n) is 3.04. The van der Waals surface area contributed by atoms with Crippen LogP contribution < -0.4 is 16.4 Å². The number of benzene rings is 1. The highest BCUT2D eigenvalue weighted by Crippen LogP contribution is 2.24. The molecule has 0 saturated heterocycles. The van der Waals surface area contributed by atoms with Gasteiger partial charge in [-0.25, -0.2) is 13.2 Å². The van der Waals surface area contributed by atoms with Gasteiger partial charge in [0.25, 0.3) is 0 Å². The zero-order valence-corrected chi connectivity index (χ0v) is 13.0. The standard InChI is InChI=1S/C13H19N3O4S/c1-4-15-13(18)16-12(17)9(3)21(19,20)11-7-5-6-10(14)8(11)2/h5-7,9H,4,14H2,1-3H3,(H2,15,16,17,18). The molecule has 4 N–H and O–H groups in total. The van der Waals surface area contributed by atoms with E-state index in [0.29, 0.717) is 17.8 Å². The molecule has 7 nitrogen and oxygen atoms in total. The van der Waals surface area contributed by atoms with Crippen LogP contribution in [-0.4, -0.2) is 32.2 Å². The Morgan fingerprint density at radius 1 is 1.33 bits per heavy atom. The minimum atomic E-state index is -3.92. The van der Waals surface area contributed by atoms with Crippen LogP contribution in [0.5, 0.6) is 0 Å². The van der Waals surface area contributed by atoms with Crippen LogP contribution in [0.2, 0.25) is 0 Å². The van der Waals surface area contributed by atoms with Gasteiger partial charge in [-0.2, -0.15) is 0 Å². The van der Waals surface area contributed by atoms with Crippen molar-refractivity contribution in [1.82, 2.24) is 10.6 Å². The van der Waals surface area contributed by atoms with Gasteiger partial charge >= 0.3 is 6.03 Å². The monoisotopic (exact) mass is 313 g/mol. The molecule has 0 bridgehead atoms. The Labute approximate surface area is 123 Å². The molecule has 0 heterocycles. The Balaban J connectivity index is 3.05. The normalized spacial score (nSPS) is 12.5. The average molecular weight is 313 g/mol. The van der Waals surface area contributed by atoms with Crippen molar-refractivity contribution in [1.29, 1.82) is 0 Å². The number of hydrogen-bond acceptors (Lipinski definition) is 5. The lowest BCUT2D eigenvalue weighted by Gasteiger charge is -2.15. The number of urea groups is 1. The largest absolute Gasteiger partial charge is 0.398 e. The van der Waals surface area contributed by atoms with E-state index >= 15 is 0 Å². The van der Waals surface area contributed by atoms with Gasteiger partial charge < -0.3 is 11.1 Å². The maximum atomic E-state index is 12.4. The highest BCUT2D eigenvalue weighted by atomic mass is 32.2. The van der Waals surface area contributed by atoms with Crippen LogP contribution in [0.15, 0.2) is 23.1 Å². The van der Waals surface area contributed by atoms with Gasteiger partial charge in [0.1, 0.15) is 5.25 Å². The predicted molar refractivity (Wildman–Crippen MR) is 79.5 cm³/mol. The number of imide groups is 1. The SMILES string of the molecule is CCNC(=O)NC(=O)C(C)S(=O)(=O)c1cccc(N)c1C. The smallest absolute Gasteiger partial charge is 0.321 e. The summed E-state index contributed by atoms with van der Waals surface area (Å²) in [5, 5.41) is 2.95. The van der Waals surface area contributed by atoms with Gasteiger partial charge in [0, 0.05) is 12.2 Å². The number of amides is 3. The van der Waals surface area contributed by atoms with Crippen LogP contribution in [-0.2, 0) is 14.6 Å². The van der Waals surface area contributed by atoms with E-state index < -0.39 is 27.0 Å². The third kappa shape index (κ3) is 3.72. The van der Waals surface area contributed by atoms with Crippen molar-refractivity contribution in [2.45, 2.75) is 30.9 Å². The number of carbonyl (C=O) groups excluding carboxylic acids is 2. The summed E-state index contributed by atoms with van der Waals surface area (Å²) in [5.41, 5.74) is 6.40. The number of sulfone groups is 1. The van der Waals surface area contributed by atoms with Crippen LogP contribution in [0.25, 0.3) is 0 Å². The first-order valence-electron chi connectivity index (χ1n) is 6.39. The second kappa shape index (κ2) is 6.57. The minimum absolute atomic E-state index is 0.0129. The Morgan fingerprint density at radius 3 is 2.52 bits per heavy atom. The summed E-state index contributed by atoms with van der Waals surface area (Å²) in [6, 6.07) is 3.74. The number of rotatable bonds is 4. The number of carbonyl (C=O) groups is 2. The highest BCUT2D eigenvalue weighted by molar-refractivity contribution is 7.92. The lowest BCUT2D eigenvalue weighted by molar-refractivity contribution is -0.119. The van der Waals surface area contributed by atoms with E-state index in [4.69, 9.17) is 5.73 Å². The van der Waals surface area contributed by atoms with Gasteiger partial charge in [-0.05, 0) is 38.5 Å². The molecule has 1 aromatic rings. The van der Waals surface area contributed by atoms with Crippen molar-refractivity contribution in [3.8, 4) is 0 Å². The second-order valence-electron chi connectivity index (χ2n) is 4.51. The first-order chi connectivity index (χ1) is 9.71. The molecule has 1 unspecified atom stereocenters. The molecule has 0 radical (unpaired) electrons. The topological polar surface area (TPSA) is 118 Å². The number of hydrogen-bond donors (Lipinski definition) is 3. The summed E-state index contributed by atoms with van der Waals surface area (Å²) in [5.74, 6) is -0.886. The molecule has 0 aliphatic carbocycles. The molecular weight excluding hydrogens is 294 g/mol. The Bertz CT molecular complexity index is 655. The van der Waals surface area contributed by atoms with Crippen LogP contribution in [0.1, 0.15) is 19.4 Å². The maximum Gasteiger partial charge on any atom is 0.321 e. The van der Waals surface area contributed by atoms with Crippen LogP contribution in [0, 0.1) is 6.92 Å². The Kier molecular flexibility index (Phi) is 5.31. The molecule has 8 heteroatoms. The average Bonchev–Trinajstić information content (AvgIpc) is 2.40. The maximum absolute atomic E-state index is 12.4. The molecule has 0 saturated carbocycles. The molecule has 1 atom stereocenters. The number of nitrogens with two attached hydrogens (primary N) is 1. The lowest BCUT2D eigenvalue weighted by Crippen LogP contribution is -2.45. The minimum Gasteiger partial charge on any atom is -0.398 e. The molecular formula is C13H19N3O4S. The summed E-state index contributed by atoms with van der Waals surface area (Å²) in [6.07, 6.45) is 0. The number of nitrogen functional groups attached to an aromatic ring is 1. The van der Waals surface area contributed by atoms with Crippen LogP contribution in [0.4, 0.5) is 10.5 Å². The van der Waals surface area contributed by atoms with Gasteiger partial charge in [0.2, 0.25) is 5.91 Å². The molecule has 3 amide bonds. The van der Waals surface area contributed by atoms with E-state index in [9.17, 15) is 18.0 Å². The summed E-state index contributed by atoms with van der Waals surface area (Å²) in [4.78, 5) is 23.1. The molecule has 0 spiro atoms. The third-order valence-corrected chi connectivity index (χ3v) is 5.24. The van der Waals surface area contributed by atoms with Crippen molar-refractivity contribution < 1.29 is 18.0 Å². The molecule has 1 rings (SSSR count). The zero-order chi connectivity index (χ0) is 16.2. The number of nitrogens with one attached hydrogen (secondary N) is 2. The van der Waals surface area contributed by atoms with E-state index in [1.54, 1.807) is 19.9 Å². The zero-order valence-electron chi connectivity index (χ0n) is 12.1. The van der Waals surface area contributed by atoms with Crippen molar-refractivity contribution >= 4 is 27.5 Å². The van der Waals surface area contributed by atoms with Gasteiger partial charge in [-0.15, -0.1) is 0 Å². The van der Waals surface area contributed by atoms with Crippen molar-refractivity contribution in [2.24, 2.45) is 0 Å². The molecule has 1 aromatic carbocycles. The molecule has 0 fully saturated rings. The van der Waals surface area contributed by atoms with E-state index in [1.165, 1.54) is 19.1 Å². The molecule has 116 valence electrons. The van der Waals surface area contributed by atoms with Crippen molar-refractivity contribution in [2.75, 3.05) is 12.3 Å². The van der Waals surface area contributed by atoms with Crippen LogP contribution in [0.3, 0.4) is 0 Å². The lowest BCUT2D eigenvalue weighted by atomic mass is 10.2. The summed E-state index contributed by atoms with van der Waals surface area (Å²) in [6.45, 7) is 4.80. The van der Waals surface area contributed by atoms with E-state index in [-0.39, 0.29) is 4.90 Å². The van der Waals surface area contributed by atoms with Crippen molar-refractivity contribution in [3.63, 3.8) is 0 Å². The first kappa shape index (κ1) is 17.0. The van der Waals surface area contributed by atoms with Crippen molar-refractivity contribution in [3.05, 3.63) is 23.8 Å². The molecule has 0 aliphatic rings. The van der Waals surface area contributed by atoms with Crippen LogP contribution >= 0.6 is 0 Å². The predicted octanol–water partition coefficient (Wildman–Crippen LogP) is 0.585. The fourth-order valence-electron chi connectivity index (χ4n) is 1.69. The Hall–Kier alpha value is -2.09. The van der Waals surface area contributed by atoms with E-state index in [2.05, 4.69) is 5.32 Å². The van der Waals surface area contributed by atoms with E-state index in [1.807, 2.05) is 5.32 Å². The number of anilines is 1. The highest BCUT2D eigenvalue weighted by Gasteiger charge is 2.32. The summed E-state index contributed by atoms with van der Waals surface area (Å²) < 4.78 is 24.9. The van der Waals surface area contributed by atoms with E-state index in [0.717, 1.165) is 0 Å². The Morgan fingerprint density at radius 2 is 1.95 bits per heavy atom.